The summed E-state index contributed by atoms with van der Waals surface area (Å²) in [5, 5.41) is 0. The van der Waals surface area contributed by atoms with Crippen LogP contribution >= 0.6 is 0 Å². The molecular formula is C11H11FN2O. The van der Waals surface area contributed by atoms with E-state index in [9.17, 15) is 9.18 Å². The SMILES string of the molecule is Cn1ccn(Cc2cccc(F)c2)c1=O. The molecule has 1 aromatic carbocycles. The molecule has 2 rings (SSSR count). The van der Waals surface area contributed by atoms with Crippen LogP contribution in [0.2, 0.25) is 0 Å². The fourth-order valence-corrected chi connectivity index (χ4v) is 1.46. The van der Waals surface area contributed by atoms with Crippen LogP contribution in [-0.4, -0.2) is 9.13 Å². The summed E-state index contributed by atoms with van der Waals surface area (Å²) in [6.07, 6.45) is 3.37. The molecule has 0 N–H and O–H groups in total. The molecule has 0 atom stereocenters. The van der Waals surface area contributed by atoms with Gasteiger partial charge in [0.2, 0.25) is 0 Å². The zero-order valence-corrected chi connectivity index (χ0v) is 8.35. The first-order valence-corrected chi connectivity index (χ1v) is 4.63. The Morgan fingerprint density at radius 1 is 1.33 bits per heavy atom. The lowest BCUT2D eigenvalue weighted by molar-refractivity contribution is 0.622. The van der Waals surface area contributed by atoms with Crippen molar-refractivity contribution in [2.24, 2.45) is 7.05 Å². The maximum atomic E-state index is 12.9. The molecule has 0 amide bonds. The van der Waals surface area contributed by atoms with Crippen molar-refractivity contribution in [3.63, 3.8) is 0 Å². The van der Waals surface area contributed by atoms with Gasteiger partial charge in [-0.2, -0.15) is 0 Å². The van der Waals surface area contributed by atoms with Crippen LogP contribution in [0.1, 0.15) is 5.56 Å². The van der Waals surface area contributed by atoms with Crippen LogP contribution in [-0.2, 0) is 13.6 Å². The number of nitrogens with zero attached hydrogens (tertiary/aromatic N) is 2. The van der Waals surface area contributed by atoms with E-state index in [2.05, 4.69) is 0 Å². The lowest BCUT2D eigenvalue weighted by atomic mass is 10.2. The van der Waals surface area contributed by atoms with Gasteiger partial charge in [-0.1, -0.05) is 12.1 Å². The highest BCUT2D eigenvalue weighted by Gasteiger charge is 2.01. The summed E-state index contributed by atoms with van der Waals surface area (Å²) >= 11 is 0. The molecular weight excluding hydrogens is 195 g/mol. The first-order valence-electron chi connectivity index (χ1n) is 4.63. The second kappa shape index (κ2) is 3.73. The van der Waals surface area contributed by atoms with Crippen molar-refractivity contribution in [3.05, 3.63) is 58.5 Å². The Morgan fingerprint density at radius 3 is 2.73 bits per heavy atom. The van der Waals surface area contributed by atoms with Crippen LogP contribution in [0.3, 0.4) is 0 Å². The van der Waals surface area contributed by atoms with Crippen molar-refractivity contribution in [3.8, 4) is 0 Å². The molecule has 0 saturated carbocycles. The van der Waals surface area contributed by atoms with Crippen LogP contribution in [0.15, 0.2) is 41.5 Å². The Kier molecular flexibility index (Phi) is 2.41. The minimum Gasteiger partial charge on any atom is -0.302 e. The third-order valence-corrected chi connectivity index (χ3v) is 2.26. The Bertz CT molecular complexity index is 527. The molecule has 2 aromatic rings. The van der Waals surface area contributed by atoms with Gasteiger partial charge in [0, 0.05) is 19.4 Å². The molecule has 0 saturated heterocycles. The van der Waals surface area contributed by atoms with E-state index in [1.165, 1.54) is 21.3 Å². The predicted molar refractivity (Wildman–Crippen MR) is 55.2 cm³/mol. The molecule has 1 aromatic heterocycles. The van der Waals surface area contributed by atoms with Crippen LogP contribution in [0.25, 0.3) is 0 Å². The monoisotopic (exact) mass is 206 g/mol. The second-order valence-electron chi connectivity index (χ2n) is 3.45. The molecule has 15 heavy (non-hydrogen) atoms. The fraction of sp³-hybridized carbons (Fsp3) is 0.182. The van der Waals surface area contributed by atoms with E-state index in [1.54, 1.807) is 31.6 Å². The van der Waals surface area contributed by atoms with E-state index < -0.39 is 0 Å². The Morgan fingerprint density at radius 2 is 2.13 bits per heavy atom. The number of rotatable bonds is 2. The topological polar surface area (TPSA) is 26.9 Å². The third kappa shape index (κ3) is 1.98. The molecule has 0 aliphatic heterocycles. The fourth-order valence-electron chi connectivity index (χ4n) is 1.46. The van der Waals surface area contributed by atoms with Crippen LogP contribution < -0.4 is 5.69 Å². The van der Waals surface area contributed by atoms with Crippen molar-refractivity contribution in [1.29, 1.82) is 0 Å². The van der Waals surface area contributed by atoms with Gasteiger partial charge in [-0.15, -0.1) is 0 Å². The maximum Gasteiger partial charge on any atom is 0.328 e. The summed E-state index contributed by atoms with van der Waals surface area (Å²) in [5.41, 5.74) is 0.683. The van der Waals surface area contributed by atoms with Gasteiger partial charge in [0.05, 0.1) is 6.54 Å². The summed E-state index contributed by atoms with van der Waals surface area (Å²) in [6.45, 7) is 0.400. The van der Waals surface area contributed by atoms with E-state index in [4.69, 9.17) is 0 Å². The standard InChI is InChI=1S/C11H11FN2O/c1-13-5-6-14(11(13)15)8-9-3-2-4-10(12)7-9/h2-7H,8H2,1H3. The number of hydrogen-bond acceptors (Lipinski definition) is 1. The first kappa shape index (κ1) is 9.71. The van der Waals surface area contributed by atoms with Gasteiger partial charge in [0.25, 0.3) is 0 Å². The highest BCUT2D eigenvalue weighted by Crippen LogP contribution is 2.04. The minimum absolute atomic E-state index is 0.0979. The third-order valence-electron chi connectivity index (χ3n) is 2.26. The second-order valence-corrected chi connectivity index (χ2v) is 3.45. The van der Waals surface area contributed by atoms with E-state index in [0.717, 1.165) is 5.56 Å². The molecule has 0 bridgehead atoms. The number of imidazole rings is 1. The van der Waals surface area contributed by atoms with Gasteiger partial charge >= 0.3 is 5.69 Å². The molecule has 0 radical (unpaired) electrons. The molecule has 0 aliphatic rings. The molecule has 0 aliphatic carbocycles. The van der Waals surface area contributed by atoms with Gasteiger partial charge in [-0.25, -0.2) is 9.18 Å². The number of aryl methyl sites for hydroxylation is 1. The van der Waals surface area contributed by atoms with E-state index in [-0.39, 0.29) is 11.5 Å². The van der Waals surface area contributed by atoms with E-state index >= 15 is 0 Å². The van der Waals surface area contributed by atoms with Crippen molar-refractivity contribution in [2.45, 2.75) is 6.54 Å². The number of hydrogen-bond donors (Lipinski definition) is 0. The molecule has 78 valence electrons. The van der Waals surface area contributed by atoms with Crippen LogP contribution in [0.5, 0.6) is 0 Å². The Labute approximate surface area is 86.4 Å². The van der Waals surface area contributed by atoms with Gasteiger partial charge < -0.3 is 4.57 Å². The van der Waals surface area contributed by atoms with Crippen molar-refractivity contribution in [2.75, 3.05) is 0 Å². The molecule has 1 heterocycles. The van der Waals surface area contributed by atoms with Gasteiger partial charge in [0.1, 0.15) is 5.82 Å². The van der Waals surface area contributed by atoms with Crippen molar-refractivity contribution < 1.29 is 4.39 Å². The smallest absolute Gasteiger partial charge is 0.302 e. The first-order chi connectivity index (χ1) is 7.16. The molecule has 3 nitrogen and oxygen atoms in total. The minimum atomic E-state index is -0.281. The van der Waals surface area contributed by atoms with Crippen LogP contribution in [0.4, 0.5) is 4.39 Å². The molecule has 0 fully saturated rings. The number of halogens is 1. The number of benzene rings is 1. The summed E-state index contributed by atoms with van der Waals surface area (Å²) in [5.74, 6) is -0.281. The lowest BCUT2D eigenvalue weighted by Gasteiger charge is -2.01. The number of aromatic nitrogens is 2. The predicted octanol–water partition coefficient (Wildman–Crippen LogP) is 1.37. The van der Waals surface area contributed by atoms with Gasteiger partial charge in [-0.05, 0) is 17.7 Å². The van der Waals surface area contributed by atoms with Crippen molar-refractivity contribution in [1.82, 2.24) is 9.13 Å². The lowest BCUT2D eigenvalue weighted by Crippen LogP contribution is -2.22. The molecule has 0 unspecified atom stereocenters. The summed E-state index contributed by atoms with van der Waals surface area (Å²) in [6, 6.07) is 6.25. The van der Waals surface area contributed by atoms with Crippen LogP contribution in [0, 0.1) is 5.82 Å². The maximum absolute atomic E-state index is 12.9. The van der Waals surface area contributed by atoms with Gasteiger partial charge in [-0.3, -0.25) is 4.57 Å². The summed E-state index contributed by atoms with van der Waals surface area (Å²) in [7, 11) is 1.68. The zero-order chi connectivity index (χ0) is 10.8. The highest BCUT2D eigenvalue weighted by atomic mass is 19.1. The zero-order valence-electron chi connectivity index (χ0n) is 8.35. The molecule has 0 spiro atoms. The quantitative estimate of drug-likeness (QED) is 0.729. The van der Waals surface area contributed by atoms with Gasteiger partial charge in [0.15, 0.2) is 0 Å². The highest BCUT2D eigenvalue weighted by molar-refractivity contribution is 5.16. The Balaban J connectivity index is 2.30. The summed E-state index contributed by atoms with van der Waals surface area (Å²) in [4.78, 5) is 11.5. The molecule has 4 heteroatoms. The average molecular weight is 206 g/mol. The largest absolute Gasteiger partial charge is 0.328 e. The van der Waals surface area contributed by atoms with Crippen molar-refractivity contribution >= 4 is 0 Å². The summed E-state index contributed by atoms with van der Waals surface area (Å²) < 4.78 is 15.9. The average Bonchev–Trinajstić information content (AvgIpc) is 2.50. The van der Waals surface area contributed by atoms with E-state index in [1.807, 2.05) is 0 Å². The Hall–Kier alpha value is -1.84. The normalized spacial score (nSPS) is 10.5. The van der Waals surface area contributed by atoms with E-state index in [0.29, 0.717) is 6.54 Å².